The molecule has 0 radical (unpaired) electrons. The Kier molecular flexibility index (Phi) is 3.99. The van der Waals surface area contributed by atoms with E-state index < -0.39 is 0 Å². The Hall–Kier alpha value is -1.06. The smallest absolute Gasteiger partial charge is 0.267 e. The first-order valence-corrected chi connectivity index (χ1v) is 7.67. The summed E-state index contributed by atoms with van der Waals surface area (Å²) in [6, 6.07) is 4.80. The third-order valence-corrected chi connectivity index (χ3v) is 4.95. The number of carbonyl (C=O) groups is 1. The van der Waals surface area contributed by atoms with Crippen LogP contribution < -0.4 is 5.43 Å². The summed E-state index contributed by atoms with van der Waals surface area (Å²) in [6.07, 6.45) is 7.10. The molecule has 0 aromatic heterocycles. The number of hydrogen-bond acceptors (Lipinski definition) is 2. The van der Waals surface area contributed by atoms with E-state index in [-0.39, 0.29) is 5.91 Å². The second-order valence-corrected chi connectivity index (χ2v) is 6.53. The Morgan fingerprint density at radius 2 is 2.15 bits per heavy atom. The average Bonchev–Trinajstić information content (AvgIpc) is 3.00. The average molecular weight is 311 g/mol. The minimum absolute atomic E-state index is 0.300. The molecule has 1 N–H and O–H groups in total. The van der Waals surface area contributed by atoms with Gasteiger partial charge in [0.15, 0.2) is 0 Å². The number of hydrazone groups is 1. The molecule has 3 atom stereocenters. The van der Waals surface area contributed by atoms with Crippen LogP contribution in [0, 0.1) is 17.8 Å². The highest BCUT2D eigenvalue weighted by molar-refractivity contribution is 6.36. The van der Waals surface area contributed by atoms with Crippen molar-refractivity contribution in [2.45, 2.75) is 25.7 Å². The van der Waals surface area contributed by atoms with Crippen LogP contribution >= 0.6 is 23.2 Å². The van der Waals surface area contributed by atoms with Gasteiger partial charge in [-0.25, -0.2) is 5.43 Å². The van der Waals surface area contributed by atoms with Gasteiger partial charge in [0.05, 0.1) is 10.6 Å². The molecular weight excluding hydrogens is 295 g/mol. The van der Waals surface area contributed by atoms with E-state index in [1.54, 1.807) is 18.2 Å². The third kappa shape index (κ3) is 2.84. The molecule has 0 saturated heterocycles. The number of hydrogen-bond donors (Lipinski definition) is 1. The van der Waals surface area contributed by atoms with Gasteiger partial charge in [-0.15, -0.1) is 0 Å². The van der Waals surface area contributed by atoms with Gasteiger partial charge >= 0.3 is 0 Å². The van der Waals surface area contributed by atoms with E-state index in [1.165, 1.54) is 25.7 Å². The van der Waals surface area contributed by atoms with Crippen LogP contribution in [0.3, 0.4) is 0 Å². The third-order valence-electron chi connectivity index (χ3n) is 4.40. The van der Waals surface area contributed by atoms with E-state index in [4.69, 9.17) is 23.2 Å². The van der Waals surface area contributed by atoms with Crippen molar-refractivity contribution in [2.24, 2.45) is 22.9 Å². The van der Waals surface area contributed by atoms with Crippen molar-refractivity contribution in [3.8, 4) is 0 Å². The number of nitrogens with zero attached hydrogens (tertiary/aromatic N) is 1. The SMILES string of the molecule is O=C(N/N=C\[C@H]1C[C@@H]2CC[C@@H]1C2)c1ccc(Cl)cc1Cl. The zero-order valence-electron chi connectivity index (χ0n) is 11.0. The first-order chi connectivity index (χ1) is 9.63. The zero-order chi connectivity index (χ0) is 14.1. The summed E-state index contributed by atoms with van der Waals surface area (Å²) >= 11 is 11.8. The molecule has 1 aromatic carbocycles. The Morgan fingerprint density at radius 3 is 2.80 bits per heavy atom. The highest BCUT2D eigenvalue weighted by atomic mass is 35.5. The van der Waals surface area contributed by atoms with Crippen molar-refractivity contribution in [3.05, 3.63) is 33.8 Å². The molecule has 0 heterocycles. The van der Waals surface area contributed by atoms with Crippen LogP contribution in [0.1, 0.15) is 36.0 Å². The molecular formula is C15H16Cl2N2O. The van der Waals surface area contributed by atoms with Crippen molar-refractivity contribution >= 4 is 35.3 Å². The number of carbonyl (C=O) groups excluding carboxylic acids is 1. The van der Waals surface area contributed by atoms with E-state index in [9.17, 15) is 4.79 Å². The fraction of sp³-hybridized carbons (Fsp3) is 0.467. The zero-order valence-corrected chi connectivity index (χ0v) is 12.5. The molecule has 2 bridgehead atoms. The lowest BCUT2D eigenvalue weighted by molar-refractivity contribution is 0.0955. The lowest BCUT2D eigenvalue weighted by Gasteiger charge is -2.16. The number of amides is 1. The number of halogens is 2. The Morgan fingerprint density at radius 1 is 1.30 bits per heavy atom. The summed E-state index contributed by atoms with van der Waals surface area (Å²) in [5.41, 5.74) is 2.94. The molecule has 3 nitrogen and oxygen atoms in total. The quantitative estimate of drug-likeness (QED) is 0.661. The van der Waals surface area contributed by atoms with Gasteiger partial charge in [0.2, 0.25) is 0 Å². The number of fused-ring (bicyclic) bond motifs is 2. The topological polar surface area (TPSA) is 41.5 Å². The maximum absolute atomic E-state index is 12.0. The first-order valence-electron chi connectivity index (χ1n) is 6.92. The van der Waals surface area contributed by atoms with Gasteiger partial charge in [0, 0.05) is 11.2 Å². The second kappa shape index (κ2) is 5.74. The summed E-state index contributed by atoms with van der Waals surface area (Å²) < 4.78 is 0. The van der Waals surface area contributed by atoms with Crippen molar-refractivity contribution in [2.75, 3.05) is 0 Å². The van der Waals surface area contributed by atoms with Crippen molar-refractivity contribution in [1.82, 2.24) is 5.43 Å². The lowest BCUT2D eigenvalue weighted by Crippen LogP contribution is -2.20. The van der Waals surface area contributed by atoms with Crippen LogP contribution in [0.25, 0.3) is 0 Å². The van der Waals surface area contributed by atoms with Crippen LogP contribution in [0.15, 0.2) is 23.3 Å². The molecule has 2 saturated carbocycles. The van der Waals surface area contributed by atoms with Crippen LogP contribution in [-0.4, -0.2) is 12.1 Å². The molecule has 5 heteroatoms. The molecule has 3 rings (SSSR count). The largest absolute Gasteiger partial charge is 0.272 e. The molecule has 106 valence electrons. The van der Waals surface area contributed by atoms with Gasteiger partial charge in [0.1, 0.15) is 0 Å². The standard InChI is InChI=1S/C15H16Cl2N2O/c16-12-3-4-13(14(17)7-12)15(20)19-18-8-11-6-9-1-2-10(11)5-9/h3-4,7-11H,1-2,5-6H2,(H,19,20)/b18-8-/t9-,10-,11-/m1/s1. The van der Waals surface area contributed by atoms with Crippen molar-refractivity contribution in [1.29, 1.82) is 0 Å². The molecule has 2 aliphatic carbocycles. The minimum atomic E-state index is -0.300. The van der Waals surface area contributed by atoms with Crippen LogP contribution in [0.4, 0.5) is 0 Å². The predicted octanol–water partition coefficient (Wildman–Crippen LogP) is 4.15. The molecule has 20 heavy (non-hydrogen) atoms. The molecule has 1 amide bonds. The Bertz CT molecular complexity index is 559. The van der Waals surface area contributed by atoms with Gasteiger partial charge in [-0.3, -0.25) is 4.79 Å². The summed E-state index contributed by atoms with van der Waals surface area (Å²) in [5.74, 6) is 1.86. The minimum Gasteiger partial charge on any atom is -0.267 e. The summed E-state index contributed by atoms with van der Waals surface area (Å²) in [6.45, 7) is 0. The normalized spacial score (nSPS) is 28.2. The van der Waals surface area contributed by atoms with Crippen LogP contribution in [0.2, 0.25) is 10.0 Å². The van der Waals surface area contributed by atoms with Crippen molar-refractivity contribution in [3.63, 3.8) is 0 Å². The van der Waals surface area contributed by atoms with E-state index in [1.807, 2.05) is 6.21 Å². The molecule has 2 aliphatic rings. The van der Waals surface area contributed by atoms with E-state index in [2.05, 4.69) is 10.5 Å². The second-order valence-electron chi connectivity index (χ2n) is 5.68. The number of benzene rings is 1. The molecule has 0 spiro atoms. The van der Waals surface area contributed by atoms with Crippen LogP contribution in [0.5, 0.6) is 0 Å². The molecule has 1 aromatic rings. The highest BCUT2D eigenvalue weighted by Crippen LogP contribution is 2.47. The molecule has 0 unspecified atom stereocenters. The number of rotatable bonds is 3. The number of nitrogens with one attached hydrogen (secondary N) is 1. The van der Waals surface area contributed by atoms with Gasteiger partial charge < -0.3 is 0 Å². The monoisotopic (exact) mass is 310 g/mol. The fourth-order valence-electron chi connectivity index (χ4n) is 3.40. The maximum atomic E-state index is 12.0. The molecule has 0 aliphatic heterocycles. The maximum Gasteiger partial charge on any atom is 0.272 e. The lowest BCUT2D eigenvalue weighted by atomic mass is 9.90. The fourth-order valence-corrected chi connectivity index (χ4v) is 3.90. The summed E-state index contributed by atoms with van der Waals surface area (Å²) in [5, 5.41) is 4.95. The van der Waals surface area contributed by atoms with Gasteiger partial charge in [-0.2, -0.15) is 5.10 Å². The molecule has 2 fully saturated rings. The summed E-state index contributed by atoms with van der Waals surface area (Å²) in [7, 11) is 0. The highest BCUT2D eigenvalue weighted by Gasteiger charge is 2.38. The van der Waals surface area contributed by atoms with Gasteiger partial charge in [0.25, 0.3) is 5.91 Å². The Labute approximate surface area is 128 Å². The Balaban J connectivity index is 1.59. The first kappa shape index (κ1) is 13.9. The van der Waals surface area contributed by atoms with E-state index in [0.717, 1.165) is 11.8 Å². The predicted molar refractivity (Wildman–Crippen MR) is 81.4 cm³/mol. The van der Waals surface area contributed by atoms with Crippen molar-refractivity contribution < 1.29 is 4.79 Å². The summed E-state index contributed by atoms with van der Waals surface area (Å²) in [4.78, 5) is 12.0. The van der Waals surface area contributed by atoms with Gasteiger partial charge in [-0.05, 0) is 55.2 Å². The van der Waals surface area contributed by atoms with E-state index in [0.29, 0.717) is 21.5 Å². The van der Waals surface area contributed by atoms with Gasteiger partial charge in [-0.1, -0.05) is 29.6 Å². The van der Waals surface area contributed by atoms with E-state index >= 15 is 0 Å². The van der Waals surface area contributed by atoms with Crippen LogP contribution in [-0.2, 0) is 0 Å².